The first-order chi connectivity index (χ1) is 6.72. The highest BCUT2D eigenvalue weighted by atomic mass is 35.5. The second kappa shape index (κ2) is 3.35. The van der Waals surface area contributed by atoms with Crippen molar-refractivity contribution in [3.05, 3.63) is 34.6 Å². The number of nitrogens with zero attached hydrogens (tertiary/aromatic N) is 2. The van der Waals surface area contributed by atoms with Crippen molar-refractivity contribution in [2.45, 2.75) is 6.92 Å². The Kier molecular flexibility index (Phi) is 2.17. The van der Waals surface area contributed by atoms with Crippen LogP contribution in [0, 0.1) is 6.92 Å². The summed E-state index contributed by atoms with van der Waals surface area (Å²) in [6, 6.07) is 3.66. The van der Waals surface area contributed by atoms with E-state index in [-0.39, 0.29) is 0 Å². The maximum absolute atomic E-state index is 10.6. The number of rotatable bonds is 1. The Morgan fingerprint density at radius 1 is 1.43 bits per heavy atom. The van der Waals surface area contributed by atoms with Crippen LogP contribution in [0.4, 0.5) is 0 Å². The highest BCUT2D eigenvalue weighted by Crippen LogP contribution is 2.23. The maximum Gasteiger partial charge on any atom is 0.160 e. The lowest BCUT2D eigenvalue weighted by Crippen LogP contribution is -1.91. The van der Waals surface area contributed by atoms with Gasteiger partial charge in [-0.3, -0.25) is 4.79 Å². The molecule has 0 saturated carbocycles. The monoisotopic (exact) mass is 206 g/mol. The third kappa shape index (κ3) is 1.36. The van der Waals surface area contributed by atoms with Crippen molar-refractivity contribution >= 4 is 28.9 Å². The molecule has 4 heteroatoms. The van der Waals surface area contributed by atoms with Crippen molar-refractivity contribution in [2.24, 2.45) is 0 Å². The van der Waals surface area contributed by atoms with Crippen molar-refractivity contribution in [1.29, 1.82) is 0 Å². The summed E-state index contributed by atoms with van der Waals surface area (Å²) in [5.41, 5.74) is 1.84. The summed E-state index contributed by atoms with van der Waals surface area (Å²) in [5, 5.41) is 1.12. The number of aryl methyl sites for hydroxylation is 1. The Hall–Kier alpha value is -1.48. The molecular weight excluding hydrogens is 200 g/mol. The molecule has 3 nitrogen and oxygen atoms in total. The smallest absolute Gasteiger partial charge is 0.160 e. The molecule has 2 heterocycles. The summed E-state index contributed by atoms with van der Waals surface area (Å²) in [6.45, 7) is 1.88. The van der Waals surface area contributed by atoms with E-state index in [1.165, 1.54) is 6.20 Å². The van der Waals surface area contributed by atoms with E-state index >= 15 is 0 Å². The quantitative estimate of drug-likeness (QED) is 0.673. The number of hydrogen-bond donors (Lipinski definition) is 0. The zero-order valence-electron chi connectivity index (χ0n) is 7.49. The van der Waals surface area contributed by atoms with Crippen LogP contribution < -0.4 is 0 Å². The minimum absolute atomic E-state index is 0.393. The molecule has 0 N–H and O–H groups in total. The highest BCUT2D eigenvalue weighted by molar-refractivity contribution is 6.37. The molecule has 0 spiro atoms. The summed E-state index contributed by atoms with van der Waals surface area (Å²) < 4.78 is 0. The molecule has 2 aromatic heterocycles. The predicted octanol–water partition coefficient (Wildman–Crippen LogP) is 2.40. The van der Waals surface area contributed by atoms with E-state index in [1.54, 1.807) is 0 Å². The Morgan fingerprint density at radius 2 is 2.21 bits per heavy atom. The third-order valence-corrected chi connectivity index (χ3v) is 2.38. The highest BCUT2D eigenvalue weighted by Gasteiger charge is 2.06. The van der Waals surface area contributed by atoms with Crippen LogP contribution in [0.3, 0.4) is 0 Å². The molecule has 0 unspecified atom stereocenters. The lowest BCUT2D eigenvalue weighted by atomic mass is 10.2. The average Bonchev–Trinajstić information content (AvgIpc) is 2.18. The Balaban J connectivity index is 2.83. The first-order valence-electron chi connectivity index (χ1n) is 4.09. The van der Waals surface area contributed by atoms with Crippen LogP contribution in [-0.2, 0) is 0 Å². The summed E-state index contributed by atoms with van der Waals surface area (Å²) in [7, 11) is 0. The van der Waals surface area contributed by atoms with Gasteiger partial charge in [0.25, 0.3) is 0 Å². The molecule has 0 saturated heterocycles. The van der Waals surface area contributed by atoms with Gasteiger partial charge in [0, 0.05) is 17.3 Å². The normalized spacial score (nSPS) is 10.4. The van der Waals surface area contributed by atoms with Gasteiger partial charge < -0.3 is 0 Å². The third-order valence-electron chi connectivity index (χ3n) is 1.96. The van der Waals surface area contributed by atoms with Gasteiger partial charge in [0.15, 0.2) is 11.9 Å². The molecule has 0 atom stereocenters. The summed E-state index contributed by atoms with van der Waals surface area (Å²) in [5.74, 6) is 0. The van der Waals surface area contributed by atoms with Gasteiger partial charge in [-0.25, -0.2) is 9.97 Å². The first kappa shape index (κ1) is 9.09. The lowest BCUT2D eigenvalue weighted by Gasteiger charge is -2.01. The molecule has 0 aromatic carbocycles. The summed E-state index contributed by atoms with van der Waals surface area (Å²) >= 11 is 5.98. The molecule has 0 radical (unpaired) electrons. The standard InChI is InChI=1S/C10H7ClN2O/c1-6-2-3-8-9(11)7(5-14)4-12-10(8)13-6/h2-5H,1H3. The zero-order valence-corrected chi connectivity index (χ0v) is 8.25. The second-order valence-electron chi connectivity index (χ2n) is 2.97. The molecule has 2 rings (SSSR count). The van der Waals surface area contributed by atoms with Gasteiger partial charge in [0.1, 0.15) is 0 Å². The first-order valence-corrected chi connectivity index (χ1v) is 4.47. The molecule has 70 valence electrons. The molecular formula is C10H7ClN2O. The van der Waals surface area contributed by atoms with E-state index < -0.39 is 0 Å². The SMILES string of the molecule is Cc1ccc2c(Cl)c(C=O)cnc2n1. The summed E-state index contributed by atoms with van der Waals surface area (Å²) in [6.07, 6.45) is 2.12. The predicted molar refractivity (Wildman–Crippen MR) is 54.7 cm³/mol. The van der Waals surface area contributed by atoms with Crippen LogP contribution in [0.5, 0.6) is 0 Å². The molecule has 0 fully saturated rings. The van der Waals surface area contributed by atoms with Gasteiger partial charge >= 0.3 is 0 Å². The minimum atomic E-state index is 0.393. The Bertz CT molecular complexity index is 511. The second-order valence-corrected chi connectivity index (χ2v) is 3.35. The Morgan fingerprint density at radius 3 is 2.93 bits per heavy atom. The van der Waals surface area contributed by atoms with Crippen LogP contribution in [-0.4, -0.2) is 16.3 Å². The zero-order chi connectivity index (χ0) is 10.1. The number of fused-ring (bicyclic) bond motifs is 1. The van der Waals surface area contributed by atoms with E-state index in [2.05, 4.69) is 9.97 Å². The van der Waals surface area contributed by atoms with E-state index in [4.69, 9.17) is 11.6 Å². The fraction of sp³-hybridized carbons (Fsp3) is 0.100. The number of hydrogen-bond acceptors (Lipinski definition) is 3. The van der Waals surface area contributed by atoms with Crippen LogP contribution >= 0.6 is 11.6 Å². The van der Waals surface area contributed by atoms with Gasteiger partial charge in [-0.15, -0.1) is 0 Å². The van der Waals surface area contributed by atoms with Crippen molar-refractivity contribution < 1.29 is 4.79 Å². The van der Waals surface area contributed by atoms with Crippen LogP contribution in [0.1, 0.15) is 16.1 Å². The van der Waals surface area contributed by atoms with E-state index in [9.17, 15) is 4.79 Å². The molecule has 0 aliphatic carbocycles. The number of carbonyl (C=O) groups excluding carboxylic acids is 1. The van der Waals surface area contributed by atoms with E-state index in [0.717, 1.165) is 5.69 Å². The lowest BCUT2D eigenvalue weighted by molar-refractivity contribution is 0.112. The van der Waals surface area contributed by atoms with Crippen molar-refractivity contribution in [2.75, 3.05) is 0 Å². The van der Waals surface area contributed by atoms with Crippen molar-refractivity contribution in [1.82, 2.24) is 9.97 Å². The van der Waals surface area contributed by atoms with Crippen LogP contribution in [0.15, 0.2) is 18.3 Å². The van der Waals surface area contributed by atoms with Crippen LogP contribution in [0.2, 0.25) is 5.02 Å². The van der Waals surface area contributed by atoms with Crippen molar-refractivity contribution in [3.8, 4) is 0 Å². The molecule has 14 heavy (non-hydrogen) atoms. The molecule has 0 aliphatic rings. The molecule has 0 amide bonds. The summed E-state index contributed by atoms with van der Waals surface area (Å²) in [4.78, 5) is 18.8. The number of aldehydes is 1. The molecule has 2 aromatic rings. The van der Waals surface area contributed by atoms with E-state index in [1.807, 2.05) is 19.1 Å². The number of aromatic nitrogens is 2. The maximum atomic E-state index is 10.6. The largest absolute Gasteiger partial charge is 0.298 e. The van der Waals surface area contributed by atoms with Gasteiger partial charge in [0.05, 0.1) is 10.6 Å². The van der Waals surface area contributed by atoms with Gasteiger partial charge in [0.2, 0.25) is 0 Å². The van der Waals surface area contributed by atoms with Crippen molar-refractivity contribution in [3.63, 3.8) is 0 Å². The number of carbonyl (C=O) groups is 1. The molecule has 0 aliphatic heterocycles. The molecule has 0 bridgehead atoms. The van der Waals surface area contributed by atoms with E-state index in [0.29, 0.717) is 27.9 Å². The average molecular weight is 207 g/mol. The van der Waals surface area contributed by atoms with Gasteiger partial charge in [-0.05, 0) is 19.1 Å². The fourth-order valence-electron chi connectivity index (χ4n) is 1.24. The number of pyridine rings is 2. The topological polar surface area (TPSA) is 42.9 Å². The minimum Gasteiger partial charge on any atom is -0.298 e. The Labute approximate surface area is 85.7 Å². The number of halogens is 1. The van der Waals surface area contributed by atoms with Crippen LogP contribution in [0.25, 0.3) is 11.0 Å². The van der Waals surface area contributed by atoms with Gasteiger partial charge in [-0.1, -0.05) is 11.6 Å². The van der Waals surface area contributed by atoms with Gasteiger partial charge in [-0.2, -0.15) is 0 Å². The fourth-order valence-corrected chi connectivity index (χ4v) is 1.48.